The first kappa shape index (κ1) is 13.7. The minimum atomic E-state index is -0.438. The Bertz CT molecular complexity index is 391. The molecule has 1 aliphatic heterocycles. The van der Waals surface area contributed by atoms with Crippen molar-refractivity contribution in [3.05, 3.63) is 24.0 Å². The van der Waals surface area contributed by atoms with Gasteiger partial charge in [0.15, 0.2) is 0 Å². The maximum atomic E-state index is 9.73. The number of nitrogens with zero attached hydrogens (tertiary/aromatic N) is 2. The summed E-state index contributed by atoms with van der Waals surface area (Å²) in [5.74, 6) is 1.16. The normalized spacial score (nSPS) is 20.8. The lowest BCUT2D eigenvalue weighted by atomic mass is 10.1. The van der Waals surface area contributed by atoms with Crippen molar-refractivity contribution >= 4 is 17.4 Å². The van der Waals surface area contributed by atoms with Crippen molar-refractivity contribution in [1.82, 2.24) is 4.98 Å². The Morgan fingerprint density at radius 1 is 1.50 bits per heavy atom. The second-order valence-corrected chi connectivity index (χ2v) is 7.20. The monoisotopic (exact) mass is 266 g/mol. The Balaban J connectivity index is 2.09. The Morgan fingerprint density at radius 2 is 2.28 bits per heavy atom. The molecule has 0 amide bonds. The fraction of sp³-hybridized carbons (Fsp3) is 0.643. The second kappa shape index (κ2) is 5.49. The molecule has 100 valence electrons. The van der Waals surface area contributed by atoms with Gasteiger partial charge in [-0.1, -0.05) is 6.92 Å². The van der Waals surface area contributed by atoms with Crippen LogP contribution in [0.15, 0.2) is 18.3 Å². The Morgan fingerprint density at radius 3 is 2.83 bits per heavy atom. The van der Waals surface area contributed by atoms with E-state index >= 15 is 0 Å². The van der Waals surface area contributed by atoms with Crippen LogP contribution in [0.25, 0.3) is 0 Å². The number of anilines is 1. The smallest absolute Gasteiger partial charge is 0.0957 e. The molecular weight excluding hydrogens is 244 g/mol. The molecule has 0 spiro atoms. The number of rotatable bonds is 3. The van der Waals surface area contributed by atoms with E-state index in [1.165, 1.54) is 0 Å². The molecule has 0 radical (unpaired) electrons. The summed E-state index contributed by atoms with van der Waals surface area (Å²) in [6, 6.07) is 4.02. The zero-order valence-corrected chi connectivity index (χ0v) is 12.2. The summed E-state index contributed by atoms with van der Waals surface area (Å²) in [5.41, 5.74) is 1.93. The number of pyridine rings is 1. The summed E-state index contributed by atoms with van der Waals surface area (Å²) in [6.07, 6.45) is 2.16. The first-order chi connectivity index (χ1) is 8.52. The molecule has 18 heavy (non-hydrogen) atoms. The van der Waals surface area contributed by atoms with Gasteiger partial charge in [-0.15, -0.1) is 0 Å². The van der Waals surface area contributed by atoms with Gasteiger partial charge < -0.3 is 10.0 Å². The predicted octanol–water partition coefficient (Wildman–Crippen LogP) is 2.86. The zero-order valence-electron chi connectivity index (χ0n) is 11.4. The molecule has 1 fully saturated rings. The molecule has 4 heteroatoms. The molecule has 0 aromatic carbocycles. The van der Waals surface area contributed by atoms with Gasteiger partial charge in [0.1, 0.15) is 0 Å². The summed E-state index contributed by atoms with van der Waals surface area (Å²) < 4.78 is 0.305. The molecule has 0 unspecified atom stereocenters. The average Bonchev–Trinajstić information content (AvgIpc) is 2.37. The standard InChI is InChI=1S/C14H22N2OS/c1-4-13(17)12-6-5-11(9-15-12)16-7-8-18-14(2,3)10-16/h5-6,9,13,17H,4,7-8,10H2,1-3H3/t13-/m0/s1. The van der Waals surface area contributed by atoms with E-state index in [9.17, 15) is 5.11 Å². The van der Waals surface area contributed by atoms with Crippen molar-refractivity contribution in [2.75, 3.05) is 23.7 Å². The van der Waals surface area contributed by atoms with E-state index in [4.69, 9.17) is 0 Å². The van der Waals surface area contributed by atoms with Gasteiger partial charge in [-0.2, -0.15) is 11.8 Å². The maximum Gasteiger partial charge on any atom is 0.0957 e. The third-order valence-electron chi connectivity index (χ3n) is 3.29. The van der Waals surface area contributed by atoms with Crippen LogP contribution in [0.2, 0.25) is 0 Å². The van der Waals surface area contributed by atoms with E-state index in [0.717, 1.165) is 30.2 Å². The number of hydrogen-bond acceptors (Lipinski definition) is 4. The van der Waals surface area contributed by atoms with Crippen molar-refractivity contribution in [3.63, 3.8) is 0 Å². The first-order valence-corrected chi connectivity index (χ1v) is 7.53. The summed E-state index contributed by atoms with van der Waals surface area (Å²) in [7, 11) is 0. The van der Waals surface area contributed by atoms with Crippen LogP contribution >= 0.6 is 11.8 Å². The number of aliphatic hydroxyl groups is 1. The molecule has 0 saturated carbocycles. The highest BCUT2D eigenvalue weighted by Crippen LogP contribution is 2.32. The molecule has 1 aromatic heterocycles. The van der Waals surface area contributed by atoms with Crippen molar-refractivity contribution < 1.29 is 5.11 Å². The van der Waals surface area contributed by atoms with Gasteiger partial charge in [-0.3, -0.25) is 4.98 Å². The number of thioether (sulfide) groups is 1. The van der Waals surface area contributed by atoms with Crippen LogP contribution in [-0.2, 0) is 0 Å². The van der Waals surface area contributed by atoms with Gasteiger partial charge in [0.05, 0.1) is 23.7 Å². The molecule has 0 aliphatic carbocycles. The average molecular weight is 266 g/mol. The number of aromatic nitrogens is 1. The maximum absolute atomic E-state index is 9.73. The van der Waals surface area contributed by atoms with Crippen molar-refractivity contribution in [2.24, 2.45) is 0 Å². The Hall–Kier alpha value is -0.740. The first-order valence-electron chi connectivity index (χ1n) is 6.55. The fourth-order valence-corrected chi connectivity index (χ4v) is 3.34. The zero-order chi connectivity index (χ0) is 13.2. The highest BCUT2D eigenvalue weighted by atomic mass is 32.2. The van der Waals surface area contributed by atoms with Gasteiger partial charge in [-0.25, -0.2) is 0 Å². The quantitative estimate of drug-likeness (QED) is 0.912. The van der Waals surface area contributed by atoms with Crippen LogP contribution in [0.5, 0.6) is 0 Å². The van der Waals surface area contributed by atoms with Crippen LogP contribution in [-0.4, -0.2) is 33.7 Å². The Labute approximate surface area is 114 Å². The number of hydrogen-bond donors (Lipinski definition) is 1. The van der Waals surface area contributed by atoms with Gasteiger partial charge >= 0.3 is 0 Å². The van der Waals surface area contributed by atoms with E-state index in [1.807, 2.05) is 30.9 Å². The molecule has 2 rings (SSSR count). The largest absolute Gasteiger partial charge is 0.387 e. The van der Waals surface area contributed by atoms with Crippen LogP contribution in [0, 0.1) is 0 Å². The van der Waals surface area contributed by atoms with Crippen molar-refractivity contribution in [3.8, 4) is 0 Å². The van der Waals surface area contributed by atoms with Crippen LogP contribution in [0.1, 0.15) is 39.0 Å². The van der Waals surface area contributed by atoms with Crippen LogP contribution < -0.4 is 4.90 Å². The van der Waals surface area contributed by atoms with E-state index in [0.29, 0.717) is 11.2 Å². The molecule has 1 aromatic rings. The van der Waals surface area contributed by atoms with E-state index < -0.39 is 6.10 Å². The molecule has 1 aliphatic rings. The summed E-state index contributed by atoms with van der Waals surface area (Å²) in [6.45, 7) is 8.66. The summed E-state index contributed by atoms with van der Waals surface area (Å²) in [5, 5.41) is 9.73. The highest BCUT2D eigenvalue weighted by Gasteiger charge is 2.27. The van der Waals surface area contributed by atoms with E-state index in [1.54, 1.807) is 0 Å². The molecule has 1 atom stereocenters. The van der Waals surface area contributed by atoms with Crippen LogP contribution in [0.4, 0.5) is 5.69 Å². The van der Waals surface area contributed by atoms with E-state index in [-0.39, 0.29) is 0 Å². The topological polar surface area (TPSA) is 36.4 Å². The molecule has 1 saturated heterocycles. The third-order valence-corrected chi connectivity index (χ3v) is 4.59. The molecule has 2 heterocycles. The molecule has 3 nitrogen and oxygen atoms in total. The molecule has 1 N–H and O–H groups in total. The molecular formula is C14H22N2OS. The highest BCUT2D eigenvalue weighted by molar-refractivity contribution is 8.00. The van der Waals surface area contributed by atoms with Crippen LogP contribution in [0.3, 0.4) is 0 Å². The number of aliphatic hydroxyl groups excluding tert-OH is 1. The van der Waals surface area contributed by atoms with Crippen molar-refractivity contribution in [2.45, 2.75) is 38.0 Å². The summed E-state index contributed by atoms with van der Waals surface area (Å²) >= 11 is 2.03. The summed E-state index contributed by atoms with van der Waals surface area (Å²) in [4.78, 5) is 6.75. The van der Waals surface area contributed by atoms with Gasteiger partial charge in [0.25, 0.3) is 0 Å². The molecule has 0 bridgehead atoms. The van der Waals surface area contributed by atoms with Crippen molar-refractivity contribution in [1.29, 1.82) is 0 Å². The minimum Gasteiger partial charge on any atom is -0.387 e. The predicted molar refractivity (Wildman–Crippen MR) is 78.2 cm³/mol. The van der Waals surface area contributed by atoms with Gasteiger partial charge in [0.2, 0.25) is 0 Å². The second-order valence-electron chi connectivity index (χ2n) is 5.40. The minimum absolute atomic E-state index is 0.305. The lowest BCUT2D eigenvalue weighted by Gasteiger charge is -2.38. The van der Waals surface area contributed by atoms with Gasteiger partial charge in [0, 0.05) is 23.6 Å². The fourth-order valence-electron chi connectivity index (χ4n) is 2.23. The lowest BCUT2D eigenvalue weighted by Crippen LogP contribution is -2.43. The van der Waals surface area contributed by atoms with E-state index in [2.05, 4.69) is 29.8 Å². The Kier molecular flexibility index (Phi) is 4.17. The van der Waals surface area contributed by atoms with Gasteiger partial charge in [-0.05, 0) is 32.4 Å². The third kappa shape index (κ3) is 3.18. The SMILES string of the molecule is CC[C@H](O)c1ccc(N2CCSC(C)(C)C2)cn1. The lowest BCUT2D eigenvalue weighted by molar-refractivity contribution is 0.169.